The molecule has 0 aromatic heterocycles. The third-order valence-corrected chi connectivity index (χ3v) is 2.76. The fourth-order valence-electron chi connectivity index (χ4n) is 1.79. The molecule has 3 N–H and O–H groups in total. The molecule has 0 radical (unpaired) electrons. The molecule has 21 heavy (non-hydrogen) atoms. The number of benzene rings is 2. The smallest absolute Gasteiger partial charge is 0.355 e. The molecule has 0 unspecified atom stereocenters. The van der Waals surface area contributed by atoms with E-state index in [0.717, 1.165) is 12.1 Å². The SMILES string of the molecule is N=NC(=N)c1ccccc1Nc1cccc(C(F)(F)F)c1. The van der Waals surface area contributed by atoms with Crippen molar-refractivity contribution < 1.29 is 13.2 Å². The Hall–Kier alpha value is -2.70. The van der Waals surface area contributed by atoms with Crippen molar-refractivity contribution in [2.45, 2.75) is 6.18 Å². The Morgan fingerprint density at radius 3 is 2.43 bits per heavy atom. The second-order valence-electron chi connectivity index (χ2n) is 4.21. The van der Waals surface area contributed by atoms with Crippen molar-refractivity contribution in [1.82, 2.24) is 0 Å². The fourth-order valence-corrected chi connectivity index (χ4v) is 1.79. The van der Waals surface area contributed by atoms with Gasteiger partial charge in [0.15, 0.2) is 5.84 Å². The van der Waals surface area contributed by atoms with Gasteiger partial charge < -0.3 is 5.32 Å². The molecule has 0 saturated heterocycles. The van der Waals surface area contributed by atoms with Gasteiger partial charge in [-0.25, -0.2) is 5.53 Å². The quantitative estimate of drug-likeness (QED) is 0.424. The Morgan fingerprint density at radius 2 is 1.76 bits per heavy atom. The summed E-state index contributed by atoms with van der Waals surface area (Å²) in [4.78, 5) is 0. The van der Waals surface area contributed by atoms with E-state index in [2.05, 4.69) is 10.4 Å². The summed E-state index contributed by atoms with van der Waals surface area (Å²) in [5.74, 6) is -0.273. The van der Waals surface area contributed by atoms with Gasteiger partial charge in [-0.2, -0.15) is 13.2 Å². The van der Waals surface area contributed by atoms with Crippen LogP contribution in [-0.4, -0.2) is 5.84 Å². The third-order valence-electron chi connectivity index (χ3n) is 2.76. The number of amidine groups is 1. The molecule has 0 aliphatic heterocycles. The summed E-state index contributed by atoms with van der Waals surface area (Å²) in [6.45, 7) is 0. The molecule has 0 aliphatic rings. The number of anilines is 2. The van der Waals surface area contributed by atoms with Gasteiger partial charge >= 0.3 is 6.18 Å². The van der Waals surface area contributed by atoms with E-state index in [9.17, 15) is 13.2 Å². The summed E-state index contributed by atoms with van der Waals surface area (Å²) < 4.78 is 38.0. The van der Waals surface area contributed by atoms with Gasteiger partial charge in [0.25, 0.3) is 0 Å². The largest absolute Gasteiger partial charge is 0.416 e. The minimum atomic E-state index is -4.42. The summed E-state index contributed by atoms with van der Waals surface area (Å²) >= 11 is 0. The first-order valence-electron chi connectivity index (χ1n) is 5.91. The second kappa shape index (κ2) is 5.74. The van der Waals surface area contributed by atoms with Gasteiger partial charge in [-0.05, 0) is 30.3 Å². The maximum absolute atomic E-state index is 12.7. The minimum absolute atomic E-state index is 0.245. The van der Waals surface area contributed by atoms with Crippen molar-refractivity contribution in [3.63, 3.8) is 0 Å². The van der Waals surface area contributed by atoms with E-state index in [1.807, 2.05) is 0 Å². The number of hydrogen-bond donors (Lipinski definition) is 3. The Kier molecular flexibility index (Phi) is 4.02. The standard InChI is InChI=1S/C14H11F3N4/c15-14(16,17)9-4-3-5-10(8-9)20-12-7-2-1-6-11(12)13(18)21-19/h1-8,18-20H. The van der Waals surface area contributed by atoms with Gasteiger partial charge in [0, 0.05) is 16.9 Å². The molecule has 4 nitrogen and oxygen atoms in total. The lowest BCUT2D eigenvalue weighted by Crippen LogP contribution is -2.06. The van der Waals surface area contributed by atoms with Gasteiger partial charge in [0.2, 0.25) is 0 Å². The zero-order valence-corrected chi connectivity index (χ0v) is 10.7. The number of nitrogens with zero attached hydrogens (tertiary/aromatic N) is 1. The zero-order chi connectivity index (χ0) is 15.5. The maximum atomic E-state index is 12.7. The van der Waals surface area contributed by atoms with Gasteiger partial charge in [0.1, 0.15) is 0 Å². The zero-order valence-electron chi connectivity index (χ0n) is 10.7. The molecule has 0 saturated carbocycles. The van der Waals surface area contributed by atoms with Crippen LogP contribution in [0, 0.1) is 10.9 Å². The first kappa shape index (κ1) is 14.7. The van der Waals surface area contributed by atoms with Crippen molar-refractivity contribution >= 4 is 17.2 Å². The third kappa shape index (κ3) is 3.44. The topological polar surface area (TPSA) is 72.1 Å². The van der Waals surface area contributed by atoms with Crippen molar-refractivity contribution in [2.75, 3.05) is 5.32 Å². The van der Waals surface area contributed by atoms with Gasteiger partial charge in [-0.3, -0.25) is 5.41 Å². The molecule has 0 fully saturated rings. The Morgan fingerprint density at radius 1 is 1.05 bits per heavy atom. The first-order valence-corrected chi connectivity index (χ1v) is 5.91. The highest BCUT2D eigenvalue weighted by Crippen LogP contribution is 2.31. The second-order valence-corrected chi connectivity index (χ2v) is 4.21. The molecular formula is C14H11F3N4. The van der Waals surface area contributed by atoms with Crippen LogP contribution in [0.25, 0.3) is 0 Å². The lowest BCUT2D eigenvalue weighted by atomic mass is 10.1. The Bertz CT molecular complexity index is 680. The average Bonchev–Trinajstić information content (AvgIpc) is 2.46. The van der Waals surface area contributed by atoms with E-state index in [1.54, 1.807) is 24.3 Å². The molecular weight excluding hydrogens is 281 g/mol. The molecule has 0 spiro atoms. The number of rotatable bonds is 3. The number of para-hydroxylation sites is 1. The van der Waals surface area contributed by atoms with E-state index >= 15 is 0 Å². The van der Waals surface area contributed by atoms with Crippen LogP contribution in [0.1, 0.15) is 11.1 Å². The van der Waals surface area contributed by atoms with E-state index in [0.29, 0.717) is 11.3 Å². The van der Waals surface area contributed by atoms with Crippen LogP contribution in [0.4, 0.5) is 24.5 Å². The Balaban J connectivity index is 2.35. The van der Waals surface area contributed by atoms with E-state index in [4.69, 9.17) is 10.9 Å². The predicted molar refractivity (Wildman–Crippen MR) is 73.1 cm³/mol. The van der Waals surface area contributed by atoms with Gasteiger partial charge in [0.05, 0.1) is 5.56 Å². The molecule has 2 aromatic carbocycles. The van der Waals surface area contributed by atoms with Crippen molar-refractivity contribution in [3.8, 4) is 0 Å². The monoisotopic (exact) mass is 292 g/mol. The van der Waals surface area contributed by atoms with Crippen LogP contribution in [0.2, 0.25) is 0 Å². The highest BCUT2D eigenvalue weighted by Gasteiger charge is 2.30. The molecule has 0 aliphatic carbocycles. The number of hydrogen-bond acceptors (Lipinski definition) is 3. The van der Waals surface area contributed by atoms with Crippen LogP contribution in [0.3, 0.4) is 0 Å². The highest BCUT2D eigenvalue weighted by molar-refractivity contribution is 6.02. The average molecular weight is 292 g/mol. The van der Waals surface area contributed by atoms with Crippen LogP contribution in [0.5, 0.6) is 0 Å². The van der Waals surface area contributed by atoms with Crippen molar-refractivity contribution in [1.29, 1.82) is 10.9 Å². The summed E-state index contributed by atoms with van der Waals surface area (Å²) in [6.07, 6.45) is -4.42. The maximum Gasteiger partial charge on any atom is 0.416 e. The number of alkyl halides is 3. The molecule has 2 aromatic rings. The summed E-state index contributed by atoms with van der Waals surface area (Å²) in [5, 5.41) is 13.4. The minimum Gasteiger partial charge on any atom is -0.355 e. The lowest BCUT2D eigenvalue weighted by molar-refractivity contribution is -0.137. The first-order chi connectivity index (χ1) is 9.91. The molecule has 0 heterocycles. The fraction of sp³-hybridized carbons (Fsp3) is 0.0714. The van der Waals surface area contributed by atoms with Crippen LogP contribution in [-0.2, 0) is 6.18 Å². The summed E-state index contributed by atoms with van der Waals surface area (Å²) in [6, 6.07) is 11.3. The molecule has 7 heteroatoms. The summed E-state index contributed by atoms with van der Waals surface area (Å²) in [7, 11) is 0. The van der Waals surface area contributed by atoms with E-state index in [1.165, 1.54) is 12.1 Å². The van der Waals surface area contributed by atoms with E-state index in [-0.39, 0.29) is 11.5 Å². The molecule has 108 valence electrons. The number of halogens is 3. The number of nitrogens with one attached hydrogen (secondary N) is 3. The van der Waals surface area contributed by atoms with Crippen LogP contribution < -0.4 is 5.32 Å². The normalized spacial score (nSPS) is 11.0. The van der Waals surface area contributed by atoms with Crippen molar-refractivity contribution in [2.24, 2.45) is 5.11 Å². The van der Waals surface area contributed by atoms with Gasteiger partial charge in [-0.15, -0.1) is 5.11 Å². The molecule has 0 amide bonds. The van der Waals surface area contributed by atoms with E-state index < -0.39 is 11.7 Å². The lowest BCUT2D eigenvalue weighted by Gasteiger charge is -2.13. The predicted octanol–water partition coefficient (Wildman–Crippen LogP) is 4.81. The highest BCUT2D eigenvalue weighted by atomic mass is 19.4. The molecule has 0 atom stereocenters. The van der Waals surface area contributed by atoms with Gasteiger partial charge in [-0.1, -0.05) is 18.2 Å². The van der Waals surface area contributed by atoms with Crippen LogP contribution >= 0.6 is 0 Å². The van der Waals surface area contributed by atoms with Crippen molar-refractivity contribution in [3.05, 3.63) is 59.7 Å². The molecule has 2 rings (SSSR count). The molecule has 0 bridgehead atoms. The Labute approximate surface area is 118 Å². The summed E-state index contributed by atoms with van der Waals surface area (Å²) in [5.41, 5.74) is 7.10. The van der Waals surface area contributed by atoms with Crippen LogP contribution in [0.15, 0.2) is 53.6 Å².